The van der Waals surface area contributed by atoms with Gasteiger partial charge in [-0.25, -0.2) is 0 Å². The van der Waals surface area contributed by atoms with Crippen LogP contribution in [0.2, 0.25) is 0 Å². The summed E-state index contributed by atoms with van der Waals surface area (Å²) >= 11 is 0. The molecule has 0 aliphatic heterocycles. The van der Waals surface area contributed by atoms with E-state index in [9.17, 15) is 4.79 Å². The molecule has 1 amide bonds. The Kier molecular flexibility index (Phi) is 9.15. The Morgan fingerprint density at radius 1 is 0.929 bits per heavy atom. The highest BCUT2D eigenvalue weighted by Crippen LogP contribution is 2.27. The summed E-state index contributed by atoms with van der Waals surface area (Å²) < 4.78 is 22.0. The molecule has 0 radical (unpaired) electrons. The van der Waals surface area contributed by atoms with Gasteiger partial charge in [0.05, 0.1) is 25.5 Å². The van der Waals surface area contributed by atoms with E-state index in [0.717, 1.165) is 5.56 Å². The van der Waals surface area contributed by atoms with Crippen molar-refractivity contribution in [2.75, 3.05) is 38.9 Å². The van der Waals surface area contributed by atoms with Crippen LogP contribution in [0.1, 0.15) is 25.3 Å². The summed E-state index contributed by atoms with van der Waals surface area (Å²) in [5.41, 5.74) is 1.72. The summed E-state index contributed by atoms with van der Waals surface area (Å²) in [5.74, 6) is 1.97. The zero-order chi connectivity index (χ0) is 20.2. The van der Waals surface area contributed by atoms with Crippen molar-refractivity contribution in [1.82, 2.24) is 0 Å². The van der Waals surface area contributed by atoms with Crippen LogP contribution in [-0.2, 0) is 9.53 Å². The molecule has 1 N–H and O–H groups in total. The van der Waals surface area contributed by atoms with E-state index in [1.165, 1.54) is 0 Å². The number of hydrogen-bond acceptors (Lipinski definition) is 5. The predicted octanol–water partition coefficient (Wildman–Crippen LogP) is 4.22. The van der Waals surface area contributed by atoms with Crippen molar-refractivity contribution in [3.05, 3.63) is 48.0 Å². The highest BCUT2D eigenvalue weighted by Gasteiger charge is 2.09. The minimum atomic E-state index is -0.0814. The van der Waals surface area contributed by atoms with Gasteiger partial charge in [-0.1, -0.05) is 18.2 Å². The molecule has 2 aromatic carbocycles. The maximum Gasteiger partial charge on any atom is 0.224 e. The van der Waals surface area contributed by atoms with E-state index in [1.54, 1.807) is 7.11 Å². The monoisotopic (exact) mass is 387 g/mol. The van der Waals surface area contributed by atoms with Gasteiger partial charge in [0.1, 0.15) is 12.4 Å². The number of nitrogens with one attached hydrogen (secondary N) is 1. The zero-order valence-corrected chi connectivity index (χ0v) is 16.8. The molecule has 0 spiro atoms. The first-order valence-corrected chi connectivity index (χ1v) is 9.51. The van der Waals surface area contributed by atoms with Gasteiger partial charge in [0.15, 0.2) is 11.5 Å². The van der Waals surface area contributed by atoms with E-state index in [2.05, 4.69) is 5.32 Å². The van der Waals surface area contributed by atoms with Crippen molar-refractivity contribution in [2.45, 2.75) is 26.7 Å². The van der Waals surface area contributed by atoms with Crippen molar-refractivity contribution in [3.8, 4) is 17.2 Å². The summed E-state index contributed by atoms with van der Waals surface area (Å²) in [6.45, 7) is 5.83. The van der Waals surface area contributed by atoms with Crippen molar-refractivity contribution in [1.29, 1.82) is 0 Å². The third kappa shape index (κ3) is 7.12. The fraction of sp³-hybridized carbons (Fsp3) is 0.409. The first kappa shape index (κ1) is 21.6. The zero-order valence-electron chi connectivity index (χ0n) is 16.8. The Balaban J connectivity index is 1.81. The SMILES string of the molecule is CCOc1ccccc1OCCCC(=O)Nc1ccc(C)cc1OCCOC. The number of amides is 1. The topological polar surface area (TPSA) is 66.0 Å². The summed E-state index contributed by atoms with van der Waals surface area (Å²) in [7, 11) is 1.62. The van der Waals surface area contributed by atoms with Crippen LogP contribution in [0.5, 0.6) is 17.2 Å². The Morgan fingerprint density at radius 2 is 1.64 bits per heavy atom. The van der Waals surface area contributed by atoms with Crippen LogP contribution >= 0.6 is 0 Å². The third-order valence-electron chi connectivity index (χ3n) is 3.91. The number of anilines is 1. The molecule has 6 nitrogen and oxygen atoms in total. The van der Waals surface area contributed by atoms with Gasteiger partial charge in [0.2, 0.25) is 5.91 Å². The van der Waals surface area contributed by atoms with Crippen molar-refractivity contribution in [2.24, 2.45) is 0 Å². The number of carbonyl (C=O) groups is 1. The molecule has 152 valence electrons. The van der Waals surface area contributed by atoms with Gasteiger partial charge in [-0.3, -0.25) is 4.79 Å². The molecule has 0 atom stereocenters. The normalized spacial score (nSPS) is 10.4. The van der Waals surface area contributed by atoms with E-state index >= 15 is 0 Å². The summed E-state index contributed by atoms with van der Waals surface area (Å²) in [6.07, 6.45) is 0.945. The van der Waals surface area contributed by atoms with Gasteiger partial charge in [-0.05, 0) is 50.1 Å². The molecular weight excluding hydrogens is 358 g/mol. The lowest BCUT2D eigenvalue weighted by molar-refractivity contribution is -0.116. The maximum absolute atomic E-state index is 12.3. The van der Waals surface area contributed by atoms with Crippen LogP contribution < -0.4 is 19.5 Å². The molecule has 2 rings (SSSR count). The van der Waals surface area contributed by atoms with E-state index in [0.29, 0.717) is 62.2 Å². The third-order valence-corrected chi connectivity index (χ3v) is 3.91. The molecule has 0 saturated heterocycles. The lowest BCUT2D eigenvalue weighted by Gasteiger charge is -2.14. The van der Waals surface area contributed by atoms with Crippen molar-refractivity contribution >= 4 is 11.6 Å². The van der Waals surface area contributed by atoms with Crippen LogP contribution in [0, 0.1) is 6.92 Å². The molecule has 6 heteroatoms. The van der Waals surface area contributed by atoms with Crippen LogP contribution in [-0.4, -0.2) is 39.4 Å². The van der Waals surface area contributed by atoms with Crippen molar-refractivity contribution < 1.29 is 23.7 Å². The quantitative estimate of drug-likeness (QED) is 0.553. The molecule has 28 heavy (non-hydrogen) atoms. The number of methoxy groups -OCH3 is 1. The number of rotatable bonds is 12. The molecule has 0 saturated carbocycles. The minimum absolute atomic E-state index is 0.0814. The molecule has 0 aliphatic carbocycles. The molecule has 0 aromatic heterocycles. The first-order valence-electron chi connectivity index (χ1n) is 9.51. The average molecular weight is 387 g/mol. The molecule has 2 aromatic rings. The molecule has 0 fully saturated rings. The largest absolute Gasteiger partial charge is 0.490 e. The predicted molar refractivity (Wildman–Crippen MR) is 110 cm³/mol. The number of aryl methyl sites for hydroxylation is 1. The maximum atomic E-state index is 12.3. The number of hydrogen-bond donors (Lipinski definition) is 1. The Morgan fingerprint density at radius 3 is 2.36 bits per heavy atom. The van der Waals surface area contributed by atoms with Crippen molar-refractivity contribution in [3.63, 3.8) is 0 Å². The van der Waals surface area contributed by atoms with Gasteiger partial charge < -0.3 is 24.3 Å². The Hall–Kier alpha value is -2.73. The van der Waals surface area contributed by atoms with E-state index in [-0.39, 0.29) is 5.91 Å². The van der Waals surface area contributed by atoms with Gasteiger partial charge >= 0.3 is 0 Å². The highest BCUT2D eigenvalue weighted by atomic mass is 16.5. The van der Waals surface area contributed by atoms with Gasteiger partial charge in [0.25, 0.3) is 0 Å². The lowest BCUT2D eigenvalue weighted by atomic mass is 10.2. The second-order valence-corrected chi connectivity index (χ2v) is 6.22. The molecule has 0 bridgehead atoms. The number of ether oxygens (including phenoxy) is 4. The minimum Gasteiger partial charge on any atom is -0.490 e. The van der Waals surface area contributed by atoms with Gasteiger partial charge in [0, 0.05) is 13.5 Å². The number of para-hydroxylation sites is 2. The molecule has 0 unspecified atom stereocenters. The van der Waals surface area contributed by atoms with E-state index < -0.39 is 0 Å². The second-order valence-electron chi connectivity index (χ2n) is 6.22. The molecule has 0 aliphatic rings. The molecular formula is C22H29NO5. The van der Waals surface area contributed by atoms with E-state index in [4.69, 9.17) is 18.9 Å². The lowest BCUT2D eigenvalue weighted by Crippen LogP contribution is -2.14. The number of carbonyl (C=O) groups excluding carboxylic acids is 1. The summed E-state index contributed by atoms with van der Waals surface area (Å²) in [5, 5.41) is 2.91. The van der Waals surface area contributed by atoms with E-state index in [1.807, 2.05) is 56.3 Å². The van der Waals surface area contributed by atoms with Crippen LogP contribution in [0.4, 0.5) is 5.69 Å². The number of benzene rings is 2. The Labute approximate surface area is 166 Å². The van der Waals surface area contributed by atoms with Crippen LogP contribution in [0.25, 0.3) is 0 Å². The first-order chi connectivity index (χ1) is 13.6. The highest BCUT2D eigenvalue weighted by molar-refractivity contribution is 5.92. The van der Waals surface area contributed by atoms with Crippen LogP contribution in [0.3, 0.4) is 0 Å². The fourth-order valence-electron chi connectivity index (χ4n) is 2.56. The van der Waals surface area contributed by atoms with Crippen LogP contribution in [0.15, 0.2) is 42.5 Å². The second kappa shape index (κ2) is 11.9. The molecule has 0 heterocycles. The standard InChI is InChI=1S/C22H29NO5/c1-4-26-19-8-5-6-9-20(19)27-13-7-10-22(24)23-18-12-11-17(2)16-21(18)28-15-14-25-3/h5-6,8-9,11-12,16H,4,7,10,13-15H2,1-3H3,(H,23,24). The summed E-state index contributed by atoms with van der Waals surface area (Å²) in [4.78, 5) is 12.3. The smallest absolute Gasteiger partial charge is 0.224 e. The Bertz CT molecular complexity index is 747. The average Bonchev–Trinajstić information content (AvgIpc) is 2.69. The van der Waals surface area contributed by atoms with Gasteiger partial charge in [-0.15, -0.1) is 0 Å². The fourth-order valence-corrected chi connectivity index (χ4v) is 2.56. The van der Waals surface area contributed by atoms with Gasteiger partial charge in [-0.2, -0.15) is 0 Å². The summed E-state index contributed by atoms with van der Waals surface area (Å²) in [6, 6.07) is 13.2.